The number of aromatic nitrogens is 3. The molecular formula is C18H12F2N6O3S. The fourth-order valence-corrected chi connectivity index (χ4v) is 3.33. The lowest BCUT2D eigenvalue weighted by atomic mass is 10.1. The second-order valence-corrected chi connectivity index (χ2v) is 6.98. The number of hydrogen-bond donors (Lipinski definition) is 1. The molecule has 1 unspecified atom stereocenters. The van der Waals surface area contributed by atoms with E-state index in [0.717, 1.165) is 30.0 Å². The van der Waals surface area contributed by atoms with Crippen LogP contribution in [-0.4, -0.2) is 25.6 Å². The molecule has 9 nitrogen and oxygen atoms in total. The van der Waals surface area contributed by atoms with Gasteiger partial charge >= 0.3 is 0 Å². The molecule has 0 aliphatic carbocycles. The van der Waals surface area contributed by atoms with Gasteiger partial charge in [-0.3, -0.25) is 14.9 Å². The molecule has 0 radical (unpaired) electrons. The van der Waals surface area contributed by atoms with Gasteiger partial charge in [0.25, 0.3) is 11.6 Å². The average molecular weight is 430 g/mol. The van der Waals surface area contributed by atoms with Gasteiger partial charge in [0.15, 0.2) is 5.16 Å². The Labute approximate surface area is 172 Å². The van der Waals surface area contributed by atoms with E-state index in [2.05, 4.69) is 15.5 Å². The molecule has 0 aliphatic rings. The van der Waals surface area contributed by atoms with E-state index in [9.17, 15) is 29.0 Å². The topological polar surface area (TPSA) is 127 Å². The Balaban J connectivity index is 1.86. The number of hydrogen-bond acceptors (Lipinski definition) is 7. The van der Waals surface area contributed by atoms with Gasteiger partial charge in [0.05, 0.1) is 15.9 Å². The Kier molecular flexibility index (Phi) is 6.03. The fraction of sp³-hybridized carbons (Fsp3) is 0.111. The zero-order chi connectivity index (χ0) is 21.8. The van der Waals surface area contributed by atoms with E-state index in [4.69, 9.17) is 0 Å². The second-order valence-electron chi connectivity index (χ2n) is 5.97. The molecule has 1 heterocycles. The summed E-state index contributed by atoms with van der Waals surface area (Å²) in [7, 11) is 1.67. The number of aryl methyl sites for hydroxylation is 1. The summed E-state index contributed by atoms with van der Waals surface area (Å²) in [6.45, 7) is 0. The van der Waals surface area contributed by atoms with E-state index in [1.54, 1.807) is 17.7 Å². The largest absolute Gasteiger partial charge is 0.332 e. The number of rotatable bonds is 6. The van der Waals surface area contributed by atoms with Crippen molar-refractivity contribution in [1.82, 2.24) is 20.1 Å². The summed E-state index contributed by atoms with van der Waals surface area (Å²) in [5, 5.41) is 31.0. The zero-order valence-electron chi connectivity index (χ0n) is 15.2. The van der Waals surface area contributed by atoms with Crippen molar-refractivity contribution >= 4 is 23.4 Å². The standard InChI is InChI=1S/C18H12F2N6O3S/c1-25-9-22-24-18(25)30-16-5-2-10(6-15(16)26(28)29)17(27)23-14(8-21)12-4-3-11(19)7-13(12)20/h2-7,9,14H,1H3,(H,23,27). The van der Waals surface area contributed by atoms with Crippen LogP contribution in [0.3, 0.4) is 0 Å². The van der Waals surface area contributed by atoms with Crippen LogP contribution in [-0.2, 0) is 7.05 Å². The maximum absolute atomic E-state index is 13.9. The Bertz CT molecular complexity index is 1180. The molecule has 1 amide bonds. The van der Waals surface area contributed by atoms with E-state index in [0.29, 0.717) is 11.2 Å². The fourth-order valence-electron chi connectivity index (χ4n) is 2.48. The highest BCUT2D eigenvalue weighted by Crippen LogP contribution is 2.34. The number of carbonyl (C=O) groups excluding carboxylic acids is 1. The Morgan fingerprint density at radius 1 is 1.33 bits per heavy atom. The van der Waals surface area contributed by atoms with Crippen molar-refractivity contribution in [2.75, 3.05) is 0 Å². The summed E-state index contributed by atoms with van der Waals surface area (Å²) in [5.74, 6) is -2.65. The smallest absolute Gasteiger partial charge is 0.284 e. The van der Waals surface area contributed by atoms with E-state index < -0.39 is 28.5 Å². The molecule has 3 aromatic rings. The van der Waals surface area contributed by atoms with E-state index in [1.165, 1.54) is 18.5 Å². The predicted molar refractivity (Wildman–Crippen MR) is 100 cm³/mol. The maximum atomic E-state index is 13.9. The number of benzene rings is 2. The molecule has 0 fully saturated rings. The highest BCUT2D eigenvalue weighted by Gasteiger charge is 2.23. The Hall–Kier alpha value is -3.85. The number of nitrogens with zero attached hydrogens (tertiary/aromatic N) is 5. The molecule has 3 rings (SSSR count). The second kappa shape index (κ2) is 8.66. The average Bonchev–Trinajstić information content (AvgIpc) is 3.11. The Morgan fingerprint density at radius 2 is 2.10 bits per heavy atom. The molecule has 12 heteroatoms. The highest BCUT2D eigenvalue weighted by atomic mass is 32.2. The van der Waals surface area contributed by atoms with Crippen molar-refractivity contribution in [2.45, 2.75) is 16.1 Å². The van der Waals surface area contributed by atoms with Crippen LogP contribution in [0.5, 0.6) is 0 Å². The monoisotopic (exact) mass is 430 g/mol. The molecule has 30 heavy (non-hydrogen) atoms. The van der Waals surface area contributed by atoms with Crippen LogP contribution in [0.2, 0.25) is 0 Å². The molecule has 1 N–H and O–H groups in total. The number of carbonyl (C=O) groups is 1. The van der Waals surface area contributed by atoms with Gasteiger partial charge in [-0.1, -0.05) is 6.07 Å². The third kappa shape index (κ3) is 4.41. The van der Waals surface area contributed by atoms with Gasteiger partial charge in [0, 0.05) is 30.3 Å². The number of halogens is 2. The van der Waals surface area contributed by atoms with Gasteiger partial charge in [0.2, 0.25) is 0 Å². The normalized spacial score (nSPS) is 11.5. The van der Waals surface area contributed by atoms with Crippen LogP contribution < -0.4 is 5.32 Å². The predicted octanol–water partition coefficient (Wildman–Crippen LogP) is 3.15. The first kappa shape index (κ1) is 20.9. The minimum absolute atomic E-state index is 0.105. The van der Waals surface area contributed by atoms with Crippen LogP contribution in [0.4, 0.5) is 14.5 Å². The lowest BCUT2D eigenvalue weighted by Gasteiger charge is -2.13. The summed E-state index contributed by atoms with van der Waals surface area (Å²) in [4.78, 5) is 23.5. The molecule has 0 saturated carbocycles. The lowest BCUT2D eigenvalue weighted by molar-refractivity contribution is -0.387. The molecule has 0 aliphatic heterocycles. The molecule has 152 valence electrons. The van der Waals surface area contributed by atoms with Gasteiger partial charge in [-0.15, -0.1) is 10.2 Å². The maximum Gasteiger partial charge on any atom is 0.284 e. The number of nitrogens with one attached hydrogen (secondary N) is 1. The minimum Gasteiger partial charge on any atom is -0.332 e. The van der Waals surface area contributed by atoms with Crippen LogP contribution in [0, 0.1) is 33.1 Å². The number of nitro benzene ring substituents is 1. The molecule has 0 bridgehead atoms. The van der Waals surface area contributed by atoms with Crippen LogP contribution in [0.25, 0.3) is 0 Å². The van der Waals surface area contributed by atoms with Gasteiger partial charge in [-0.25, -0.2) is 8.78 Å². The summed E-state index contributed by atoms with van der Waals surface area (Å²) in [6.07, 6.45) is 1.44. The first-order chi connectivity index (χ1) is 14.3. The molecule has 1 aromatic heterocycles. The van der Waals surface area contributed by atoms with Crippen molar-refractivity contribution in [2.24, 2.45) is 7.05 Å². The van der Waals surface area contributed by atoms with Gasteiger partial charge in [-0.2, -0.15) is 5.26 Å². The summed E-state index contributed by atoms with van der Waals surface area (Å²) in [5.41, 5.74) is -0.680. The van der Waals surface area contributed by atoms with Crippen molar-refractivity contribution in [1.29, 1.82) is 5.26 Å². The van der Waals surface area contributed by atoms with Gasteiger partial charge < -0.3 is 9.88 Å². The molecule has 2 aromatic carbocycles. The van der Waals surface area contributed by atoms with Gasteiger partial charge in [0.1, 0.15) is 24.0 Å². The molecule has 0 saturated heterocycles. The molecule has 1 atom stereocenters. The Morgan fingerprint density at radius 3 is 2.70 bits per heavy atom. The van der Waals surface area contributed by atoms with Crippen LogP contribution >= 0.6 is 11.8 Å². The summed E-state index contributed by atoms with van der Waals surface area (Å²) >= 11 is 0.993. The van der Waals surface area contributed by atoms with Crippen LogP contribution in [0.1, 0.15) is 22.0 Å². The van der Waals surface area contributed by atoms with Crippen molar-refractivity contribution in [3.05, 3.63) is 75.6 Å². The van der Waals surface area contributed by atoms with Crippen molar-refractivity contribution in [3.8, 4) is 6.07 Å². The SMILES string of the molecule is Cn1cnnc1Sc1ccc(C(=O)NC(C#N)c2ccc(F)cc2F)cc1[N+](=O)[O-]. The number of amides is 1. The highest BCUT2D eigenvalue weighted by molar-refractivity contribution is 7.99. The molecule has 0 spiro atoms. The number of nitriles is 1. The zero-order valence-corrected chi connectivity index (χ0v) is 16.1. The van der Waals surface area contributed by atoms with Gasteiger partial charge in [-0.05, 0) is 30.0 Å². The summed E-state index contributed by atoms with van der Waals surface area (Å²) < 4.78 is 28.6. The van der Waals surface area contributed by atoms with E-state index in [-0.39, 0.29) is 21.7 Å². The summed E-state index contributed by atoms with van der Waals surface area (Å²) in [6, 6.07) is 6.64. The lowest BCUT2D eigenvalue weighted by Crippen LogP contribution is -2.28. The first-order valence-electron chi connectivity index (χ1n) is 8.26. The quantitative estimate of drug-likeness (QED) is 0.470. The molecular weight excluding hydrogens is 418 g/mol. The van der Waals surface area contributed by atoms with Crippen molar-refractivity contribution in [3.63, 3.8) is 0 Å². The van der Waals surface area contributed by atoms with E-state index in [1.807, 2.05) is 0 Å². The third-order valence-electron chi connectivity index (χ3n) is 3.97. The first-order valence-corrected chi connectivity index (χ1v) is 9.07. The van der Waals surface area contributed by atoms with Crippen molar-refractivity contribution < 1.29 is 18.5 Å². The minimum atomic E-state index is -1.41. The van der Waals surface area contributed by atoms with E-state index >= 15 is 0 Å². The third-order valence-corrected chi connectivity index (χ3v) is 5.08. The van der Waals surface area contributed by atoms with Crippen LogP contribution in [0.15, 0.2) is 52.8 Å². The number of nitro groups is 1.